The van der Waals surface area contributed by atoms with E-state index in [9.17, 15) is 13.2 Å². The van der Waals surface area contributed by atoms with Gasteiger partial charge >= 0.3 is 5.97 Å². The Morgan fingerprint density at radius 3 is 2.24 bits per heavy atom. The molecule has 0 saturated heterocycles. The lowest BCUT2D eigenvalue weighted by molar-refractivity contribution is 0.0298. The van der Waals surface area contributed by atoms with E-state index in [-0.39, 0.29) is 16.6 Å². The summed E-state index contributed by atoms with van der Waals surface area (Å²) in [5, 5.41) is 0. The highest BCUT2D eigenvalue weighted by Gasteiger charge is 2.21. The first-order valence-electron chi connectivity index (χ1n) is 6.79. The Hall–Kier alpha value is -1.07. The number of aryl methyl sites for hydroxylation is 2. The van der Waals surface area contributed by atoms with E-state index in [4.69, 9.17) is 15.4 Å². The zero-order valence-electron chi connectivity index (χ0n) is 12.9. The van der Waals surface area contributed by atoms with Gasteiger partial charge in [-0.05, 0) is 50.3 Å². The van der Waals surface area contributed by atoms with Crippen molar-refractivity contribution in [3.63, 3.8) is 0 Å². The minimum atomic E-state index is -3.89. The average Bonchev–Trinajstić information content (AvgIpc) is 2.24. The summed E-state index contributed by atoms with van der Waals surface area (Å²) in [6.45, 7) is 9.28. The molecule has 0 N–H and O–H groups in total. The van der Waals surface area contributed by atoms with Crippen LogP contribution < -0.4 is 0 Å². The highest BCUT2D eigenvalue weighted by Crippen LogP contribution is 2.24. The van der Waals surface area contributed by atoms with Gasteiger partial charge in [-0.2, -0.15) is 0 Å². The Morgan fingerprint density at radius 2 is 1.76 bits per heavy atom. The summed E-state index contributed by atoms with van der Waals surface area (Å²) in [6.07, 6.45) is 0.520. The topological polar surface area (TPSA) is 60.4 Å². The first-order chi connectivity index (χ1) is 9.52. The van der Waals surface area contributed by atoms with Crippen LogP contribution in [0.1, 0.15) is 48.7 Å². The van der Waals surface area contributed by atoms with Crippen LogP contribution >= 0.6 is 10.7 Å². The van der Waals surface area contributed by atoms with E-state index < -0.39 is 15.0 Å². The minimum absolute atomic E-state index is 0.0572. The van der Waals surface area contributed by atoms with Crippen LogP contribution in [0.3, 0.4) is 0 Å². The van der Waals surface area contributed by atoms with Crippen molar-refractivity contribution in [1.29, 1.82) is 0 Å². The summed E-state index contributed by atoms with van der Waals surface area (Å²) in [6, 6.07) is 2.91. The summed E-state index contributed by atoms with van der Waals surface area (Å²) in [5.41, 5.74) is 1.41. The number of hydrogen-bond donors (Lipinski definition) is 0. The Labute approximate surface area is 130 Å². The standard InChI is InChI=1S/C15H21ClO4S/c1-9(2)6-12(5)20-15(17)13-8-14(21(16,18)19)11(4)7-10(13)3/h7-9,12H,6H2,1-5H3. The predicted molar refractivity (Wildman–Crippen MR) is 83.3 cm³/mol. The molecule has 21 heavy (non-hydrogen) atoms. The highest BCUT2D eigenvalue weighted by atomic mass is 35.7. The molecule has 0 fully saturated rings. The summed E-state index contributed by atoms with van der Waals surface area (Å²) in [5.74, 6) is -0.118. The van der Waals surface area contributed by atoms with Gasteiger partial charge in [0.15, 0.2) is 0 Å². The summed E-state index contributed by atoms with van der Waals surface area (Å²) < 4.78 is 28.4. The molecule has 1 aromatic carbocycles. The number of benzene rings is 1. The van der Waals surface area contributed by atoms with Crippen molar-refractivity contribution in [1.82, 2.24) is 0 Å². The van der Waals surface area contributed by atoms with Gasteiger partial charge in [-0.1, -0.05) is 19.9 Å². The van der Waals surface area contributed by atoms with Crippen molar-refractivity contribution in [2.24, 2.45) is 5.92 Å². The van der Waals surface area contributed by atoms with Gasteiger partial charge < -0.3 is 4.74 Å². The van der Waals surface area contributed by atoms with E-state index in [0.29, 0.717) is 17.0 Å². The predicted octanol–water partition coefficient (Wildman–Crippen LogP) is 3.82. The molecule has 0 heterocycles. The van der Waals surface area contributed by atoms with Gasteiger partial charge in [-0.15, -0.1) is 0 Å². The summed E-state index contributed by atoms with van der Waals surface area (Å²) >= 11 is 0. The van der Waals surface area contributed by atoms with Crippen LogP contribution in [0.25, 0.3) is 0 Å². The maximum atomic E-state index is 12.2. The number of carbonyl (C=O) groups excluding carboxylic acids is 1. The zero-order chi connectivity index (χ0) is 16.4. The third kappa shape index (κ3) is 5.00. The highest BCUT2D eigenvalue weighted by molar-refractivity contribution is 8.13. The lowest BCUT2D eigenvalue weighted by Crippen LogP contribution is -2.18. The first kappa shape index (κ1) is 18.0. The second-order valence-corrected chi connectivity index (χ2v) is 8.25. The van der Waals surface area contributed by atoms with Gasteiger partial charge in [0, 0.05) is 10.7 Å². The molecule has 0 bridgehead atoms. The second-order valence-electron chi connectivity index (χ2n) is 5.72. The molecular formula is C15H21ClO4S. The number of rotatable bonds is 5. The van der Waals surface area contributed by atoms with E-state index in [1.807, 2.05) is 20.8 Å². The van der Waals surface area contributed by atoms with Crippen molar-refractivity contribution in [2.45, 2.75) is 52.0 Å². The molecule has 0 aliphatic rings. The maximum absolute atomic E-state index is 12.2. The van der Waals surface area contributed by atoms with Gasteiger partial charge in [-0.25, -0.2) is 13.2 Å². The van der Waals surface area contributed by atoms with Gasteiger partial charge in [0.05, 0.1) is 16.6 Å². The smallest absolute Gasteiger partial charge is 0.338 e. The molecule has 0 aromatic heterocycles. The van der Waals surface area contributed by atoms with Crippen LogP contribution in [-0.4, -0.2) is 20.5 Å². The van der Waals surface area contributed by atoms with Crippen molar-refractivity contribution >= 4 is 25.7 Å². The summed E-state index contributed by atoms with van der Waals surface area (Å²) in [7, 11) is 1.50. The van der Waals surface area contributed by atoms with Gasteiger partial charge in [0.2, 0.25) is 0 Å². The van der Waals surface area contributed by atoms with Crippen LogP contribution in [0.5, 0.6) is 0 Å². The normalized spacial score (nSPS) is 13.3. The Kier molecular flexibility index (Phi) is 5.82. The molecule has 0 aliphatic heterocycles. The van der Waals surface area contributed by atoms with Crippen LogP contribution in [0.2, 0.25) is 0 Å². The van der Waals surface area contributed by atoms with E-state index in [2.05, 4.69) is 0 Å². The minimum Gasteiger partial charge on any atom is -0.459 e. The number of hydrogen-bond acceptors (Lipinski definition) is 4. The van der Waals surface area contributed by atoms with Crippen molar-refractivity contribution in [3.05, 3.63) is 28.8 Å². The van der Waals surface area contributed by atoms with Crippen LogP contribution in [0.15, 0.2) is 17.0 Å². The Bertz CT molecular complexity index is 635. The molecule has 4 nitrogen and oxygen atoms in total. The number of halogens is 1. The molecule has 1 rings (SSSR count). The molecule has 6 heteroatoms. The second kappa shape index (κ2) is 6.79. The molecule has 1 atom stereocenters. The molecule has 0 spiro atoms. The van der Waals surface area contributed by atoms with Gasteiger partial charge in [0.25, 0.3) is 9.05 Å². The molecule has 1 unspecified atom stereocenters. The number of carbonyl (C=O) groups is 1. The third-order valence-electron chi connectivity index (χ3n) is 3.12. The summed E-state index contributed by atoms with van der Waals surface area (Å²) in [4.78, 5) is 12.1. The molecule has 118 valence electrons. The van der Waals surface area contributed by atoms with Crippen LogP contribution in [0, 0.1) is 19.8 Å². The fourth-order valence-corrected chi connectivity index (χ4v) is 3.47. The SMILES string of the molecule is Cc1cc(C)c(S(=O)(=O)Cl)cc1C(=O)OC(C)CC(C)C. The van der Waals surface area contributed by atoms with E-state index in [0.717, 1.165) is 6.42 Å². The molecule has 0 saturated carbocycles. The molecular weight excluding hydrogens is 312 g/mol. The first-order valence-corrected chi connectivity index (χ1v) is 9.10. The zero-order valence-corrected chi connectivity index (χ0v) is 14.5. The number of ether oxygens (including phenoxy) is 1. The average molecular weight is 333 g/mol. The van der Waals surface area contributed by atoms with Crippen LogP contribution in [-0.2, 0) is 13.8 Å². The molecule has 0 radical (unpaired) electrons. The Morgan fingerprint density at radius 1 is 1.19 bits per heavy atom. The van der Waals surface area contributed by atoms with Gasteiger partial charge in [-0.3, -0.25) is 0 Å². The largest absolute Gasteiger partial charge is 0.459 e. The maximum Gasteiger partial charge on any atom is 0.338 e. The quantitative estimate of drug-likeness (QED) is 0.607. The fraction of sp³-hybridized carbons (Fsp3) is 0.533. The fourth-order valence-electron chi connectivity index (χ4n) is 2.27. The lowest BCUT2D eigenvalue weighted by Gasteiger charge is -2.16. The van der Waals surface area contributed by atoms with E-state index in [1.54, 1.807) is 19.9 Å². The lowest BCUT2D eigenvalue weighted by atomic mass is 10.0. The molecule has 0 amide bonds. The molecule has 0 aliphatic carbocycles. The van der Waals surface area contributed by atoms with Crippen molar-refractivity contribution < 1.29 is 17.9 Å². The third-order valence-corrected chi connectivity index (χ3v) is 4.58. The monoisotopic (exact) mass is 332 g/mol. The van der Waals surface area contributed by atoms with E-state index >= 15 is 0 Å². The van der Waals surface area contributed by atoms with Crippen molar-refractivity contribution in [3.8, 4) is 0 Å². The Balaban J connectivity index is 3.10. The number of esters is 1. The molecule has 1 aromatic rings. The van der Waals surface area contributed by atoms with Gasteiger partial charge in [0.1, 0.15) is 0 Å². The van der Waals surface area contributed by atoms with Crippen molar-refractivity contribution in [2.75, 3.05) is 0 Å². The van der Waals surface area contributed by atoms with E-state index in [1.165, 1.54) is 6.07 Å². The van der Waals surface area contributed by atoms with Crippen LogP contribution in [0.4, 0.5) is 0 Å².